The average molecular weight is 118 g/mol. The number of aromatic nitrogens is 1. The Kier molecular flexibility index (Phi) is 1.02. The number of halogens is 1. The van der Waals surface area contributed by atoms with Crippen LogP contribution in [0.5, 0.6) is 0 Å². The van der Waals surface area contributed by atoms with E-state index in [1.165, 1.54) is 6.26 Å². The highest BCUT2D eigenvalue weighted by molar-refractivity contribution is 6.27. The molecule has 0 spiro atoms. The van der Waals surface area contributed by atoms with Gasteiger partial charge in [-0.3, -0.25) is 0 Å². The number of nitrogens with zero attached hydrogens (tertiary/aromatic N) is 1. The molecule has 3 heteroatoms. The second kappa shape index (κ2) is 1.54. The molecule has 0 bridgehead atoms. The molecule has 1 rings (SSSR count). The molecule has 2 nitrogen and oxygen atoms in total. The maximum absolute atomic E-state index is 5.28. The molecular formula is C4H4ClNO. The van der Waals surface area contributed by atoms with Crippen LogP contribution in [0, 0.1) is 6.92 Å². The largest absolute Gasteiger partial charge is 0.436 e. The van der Waals surface area contributed by atoms with Gasteiger partial charge in [0.15, 0.2) is 0 Å². The van der Waals surface area contributed by atoms with E-state index in [0.29, 0.717) is 0 Å². The Bertz CT molecular complexity index is 144. The molecule has 0 saturated carbocycles. The van der Waals surface area contributed by atoms with Crippen LogP contribution in [0.2, 0.25) is 5.35 Å². The van der Waals surface area contributed by atoms with Crippen LogP contribution in [0.1, 0.15) is 5.69 Å². The van der Waals surface area contributed by atoms with Gasteiger partial charge in [0.05, 0.1) is 5.69 Å². The van der Waals surface area contributed by atoms with Gasteiger partial charge < -0.3 is 4.42 Å². The summed E-state index contributed by atoms with van der Waals surface area (Å²) in [6, 6.07) is 0. The van der Waals surface area contributed by atoms with E-state index in [2.05, 4.69) is 9.40 Å². The molecule has 0 aromatic carbocycles. The maximum Gasteiger partial charge on any atom is 0.292 e. The number of oxazole rings is 1. The van der Waals surface area contributed by atoms with E-state index in [0.717, 1.165) is 5.69 Å². The third-order valence-electron chi connectivity index (χ3n) is 0.591. The van der Waals surface area contributed by atoms with E-state index in [-0.39, 0.29) is 5.35 Å². The number of hydrogen-bond acceptors (Lipinski definition) is 2. The zero-order valence-electron chi connectivity index (χ0n) is 3.81. The summed E-state index contributed by atoms with van der Waals surface area (Å²) in [5.41, 5.74) is 0.810. The molecule has 0 N–H and O–H groups in total. The van der Waals surface area contributed by atoms with Crippen molar-refractivity contribution in [1.29, 1.82) is 0 Å². The number of hydrogen-bond donors (Lipinski definition) is 0. The predicted octanol–water partition coefficient (Wildman–Crippen LogP) is 1.64. The number of rotatable bonds is 0. The smallest absolute Gasteiger partial charge is 0.292 e. The predicted molar refractivity (Wildman–Crippen MR) is 26.2 cm³/mol. The molecule has 0 aliphatic rings. The fourth-order valence-electron chi connectivity index (χ4n) is 0.325. The van der Waals surface area contributed by atoms with Crippen molar-refractivity contribution in [3.8, 4) is 0 Å². The molecule has 0 aliphatic heterocycles. The lowest BCUT2D eigenvalue weighted by Crippen LogP contribution is -1.62. The summed E-state index contributed by atoms with van der Waals surface area (Å²) < 4.78 is 4.62. The van der Waals surface area contributed by atoms with E-state index in [1.54, 1.807) is 0 Å². The second-order valence-corrected chi connectivity index (χ2v) is 1.57. The maximum atomic E-state index is 5.28. The topological polar surface area (TPSA) is 26.0 Å². The minimum absolute atomic E-state index is 0.206. The van der Waals surface area contributed by atoms with Crippen LogP contribution >= 0.6 is 11.6 Å². The van der Waals surface area contributed by atoms with Crippen LogP contribution in [0.3, 0.4) is 0 Å². The molecule has 1 heterocycles. The van der Waals surface area contributed by atoms with Gasteiger partial charge in [-0.05, 0) is 18.5 Å². The zero-order chi connectivity index (χ0) is 5.28. The lowest BCUT2D eigenvalue weighted by atomic mass is 10.6. The van der Waals surface area contributed by atoms with Gasteiger partial charge in [0.25, 0.3) is 5.35 Å². The van der Waals surface area contributed by atoms with Crippen molar-refractivity contribution in [2.24, 2.45) is 0 Å². The molecule has 0 unspecified atom stereocenters. The standard InChI is InChI=1S/C4H4ClNO/c1-3-2-7-4(5)6-3/h2H,1H3. The van der Waals surface area contributed by atoms with Crippen LogP contribution in [0.4, 0.5) is 0 Å². The van der Waals surface area contributed by atoms with Crippen LogP contribution in [-0.4, -0.2) is 4.98 Å². The van der Waals surface area contributed by atoms with Crippen molar-refractivity contribution in [1.82, 2.24) is 4.98 Å². The van der Waals surface area contributed by atoms with Crippen LogP contribution in [-0.2, 0) is 0 Å². The van der Waals surface area contributed by atoms with E-state index in [4.69, 9.17) is 11.6 Å². The normalized spacial score (nSPS) is 9.43. The summed E-state index contributed by atoms with van der Waals surface area (Å²) in [7, 11) is 0. The van der Waals surface area contributed by atoms with Gasteiger partial charge in [0.1, 0.15) is 6.26 Å². The molecule has 0 radical (unpaired) electrons. The first kappa shape index (κ1) is 4.65. The summed E-state index contributed by atoms with van der Waals surface area (Å²) in [4.78, 5) is 3.71. The van der Waals surface area contributed by atoms with Gasteiger partial charge >= 0.3 is 0 Å². The first-order chi connectivity index (χ1) is 3.29. The Balaban J connectivity index is 3.04. The van der Waals surface area contributed by atoms with Crippen LogP contribution in [0.15, 0.2) is 10.7 Å². The van der Waals surface area contributed by atoms with Crippen molar-refractivity contribution in [3.05, 3.63) is 17.3 Å². The molecule has 1 aromatic heterocycles. The van der Waals surface area contributed by atoms with Crippen molar-refractivity contribution in [2.75, 3.05) is 0 Å². The summed E-state index contributed by atoms with van der Waals surface area (Å²) in [5, 5.41) is 0.206. The van der Waals surface area contributed by atoms with E-state index < -0.39 is 0 Å². The van der Waals surface area contributed by atoms with Gasteiger partial charge in [-0.25, -0.2) is 4.98 Å². The molecule has 0 atom stereocenters. The fourth-order valence-corrected chi connectivity index (χ4v) is 0.503. The summed E-state index contributed by atoms with van der Waals surface area (Å²) >= 11 is 5.28. The monoisotopic (exact) mass is 117 g/mol. The quantitative estimate of drug-likeness (QED) is 0.516. The van der Waals surface area contributed by atoms with E-state index in [9.17, 15) is 0 Å². The lowest BCUT2D eigenvalue weighted by molar-refractivity contribution is 0.559. The lowest BCUT2D eigenvalue weighted by Gasteiger charge is -1.65. The first-order valence-electron chi connectivity index (χ1n) is 1.86. The number of aryl methyl sites for hydroxylation is 1. The van der Waals surface area contributed by atoms with E-state index in [1.807, 2.05) is 6.92 Å². The van der Waals surface area contributed by atoms with Gasteiger partial charge in [-0.1, -0.05) is 0 Å². The molecule has 0 fully saturated rings. The highest BCUT2D eigenvalue weighted by atomic mass is 35.5. The van der Waals surface area contributed by atoms with E-state index >= 15 is 0 Å². The fraction of sp³-hybridized carbons (Fsp3) is 0.250. The minimum atomic E-state index is 0.206. The molecule has 0 saturated heterocycles. The summed E-state index contributed by atoms with van der Waals surface area (Å²) in [6.45, 7) is 1.81. The van der Waals surface area contributed by atoms with Crippen molar-refractivity contribution in [3.63, 3.8) is 0 Å². The molecule has 38 valence electrons. The molecule has 0 aliphatic carbocycles. The molecular weight excluding hydrogens is 114 g/mol. The Morgan fingerprint density at radius 3 is 2.71 bits per heavy atom. The van der Waals surface area contributed by atoms with Crippen molar-refractivity contribution < 1.29 is 4.42 Å². The van der Waals surface area contributed by atoms with Gasteiger partial charge in [-0.2, -0.15) is 0 Å². The Hall–Kier alpha value is -0.500. The zero-order valence-corrected chi connectivity index (χ0v) is 4.57. The van der Waals surface area contributed by atoms with Gasteiger partial charge in [-0.15, -0.1) is 0 Å². The SMILES string of the molecule is Cc1coc(Cl)n1. The molecule has 0 amide bonds. The highest BCUT2D eigenvalue weighted by Gasteiger charge is 1.90. The van der Waals surface area contributed by atoms with Gasteiger partial charge in [0, 0.05) is 0 Å². The van der Waals surface area contributed by atoms with Crippen LogP contribution < -0.4 is 0 Å². The van der Waals surface area contributed by atoms with Crippen molar-refractivity contribution in [2.45, 2.75) is 6.92 Å². The molecule has 1 aromatic rings. The third-order valence-corrected chi connectivity index (χ3v) is 0.765. The average Bonchev–Trinajstić information content (AvgIpc) is 1.87. The second-order valence-electron chi connectivity index (χ2n) is 1.24. The third kappa shape index (κ3) is 0.933. The Morgan fingerprint density at radius 2 is 2.57 bits per heavy atom. The molecule has 7 heavy (non-hydrogen) atoms. The minimum Gasteiger partial charge on any atom is -0.436 e. The van der Waals surface area contributed by atoms with Crippen LogP contribution in [0.25, 0.3) is 0 Å². The Morgan fingerprint density at radius 1 is 1.86 bits per heavy atom. The Labute approximate surface area is 46.1 Å². The summed E-state index contributed by atoms with van der Waals surface area (Å²) in [6.07, 6.45) is 1.50. The van der Waals surface area contributed by atoms with Crippen molar-refractivity contribution >= 4 is 11.6 Å². The highest BCUT2D eigenvalue weighted by Crippen LogP contribution is 2.04. The summed E-state index contributed by atoms with van der Waals surface area (Å²) in [5.74, 6) is 0. The first-order valence-corrected chi connectivity index (χ1v) is 2.24. The van der Waals surface area contributed by atoms with Gasteiger partial charge in [0.2, 0.25) is 0 Å².